The van der Waals surface area contributed by atoms with Crippen LogP contribution in [0.2, 0.25) is 0 Å². The Labute approximate surface area is 115 Å². The minimum atomic E-state index is -2.28. The molecule has 2 amide bonds. The molecule has 0 aromatic carbocycles. The average Bonchev–Trinajstić information content (AvgIpc) is 2.28. The maximum Gasteiger partial charge on any atom is 0.232 e. The summed E-state index contributed by atoms with van der Waals surface area (Å²) in [5.41, 5.74) is -1.54. The van der Waals surface area contributed by atoms with Crippen LogP contribution in [0.15, 0.2) is 16.8 Å². The fraction of sp³-hybridized carbons (Fsp3) is 0.583. The highest BCUT2D eigenvalue weighted by molar-refractivity contribution is 6.06. The first-order valence-corrected chi connectivity index (χ1v) is 6.17. The van der Waals surface area contributed by atoms with E-state index in [9.17, 15) is 24.9 Å². The number of nitrogens with one attached hydrogen (secondary N) is 2. The molecule has 0 bridgehead atoms. The smallest absolute Gasteiger partial charge is 0.232 e. The molecule has 1 aliphatic heterocycles. The van der Waals surface area contributed by atoms with Crippen LogP contribution < -0.4 is 10.6 Å². The molecule has 0 radical (unpaired) electrons. The second-order valence-corrected chi connectivity index (χ2v) is 5.23. The molecule has 0 aromatic rings. The highest BCUT2D eigenvalue weighted by Crippen LogP contribution is 2.43. The molecule has 0 saturated heterocycles. The standard InChI is InChI=1S/C12H17N3O5/c1-6(16)13-10-14-9(18)8-5-7(17)3-4-12(8,15-10)11(2,19)20/h3,8,17,19-20H,4-5H2,1-2H3,(H2,13,14,15,16,18)/t8-,12-/m1/s1. The zero-order chi connectivity index (χ0) is 15.1. The molecular weight excluding hydrogens is 266 g/mol. The molecule has 1 aliphatic carbocycles. The van der Waals surface area contributed by atoms with Crippen LogP contribution in [0.25, 0.3) is 0 Å². The van der Waals surface area contributed by atoms with E-state index in [1.165, 1.54) is 13.0 Å². The molecule has 2 aliphatic rings. The van der Waals surface area contributed by atoms with Crippen molar-refractivity contribution in [3.8, 4) is 0 Å². The highest BCUT2D eigenvalue weighted by atomic mass is 16.5. The van der Waals surface area contributed by atoms with Gasteiger partial charge in [0, 0.05) is 19.8 Å². The molecule has 0 unspecified atom stereocenters. The maximum atomic E-state index is 12.1. The Morgan fingerprint density at radius 1 is 1.60 bits per heavy atom. The average molecular weight is 283 g/mol. The minimum absolute atomic E-state index is 0.00296. The van der Waals surface area contributed by atoms with Crippen LogP contribution in [0.1, 0.15) is 26.7 Å². The summed E-state index contributed by atoms with van der Waals surface area (Å²) in [4.78, 5) is 27.3. The largest absolute Gasteiger partial charge is 0.513 e. The van der Waals surface area contributed by atoms with Gasteiger partial charge in [0.25, 0.3) is 0 Å². The van der Waals surface area contributed by atoms with Gasteiger partial charge in [-0.3, -0.25) is 20.2 Å². The first kappa shape index (κ1) is 14.5. The third kappa shape index (κ3) is 2.27. The van der Waals surface area contributed by atoms with Crippen molar-refractivity contribution in [1.29, 1.82) is 0 Å². The van der Waals surface area contributed by atoms with Crippen molar-refractivity contribution in [1.82, 2.24) is 10.6 Å². The Kier molecular flexibility index (Phi) is 3.31. The van der Waals surface area contributed by atoms with Gasteiger partial charge in [0.15, 0.2) is 5.79 Å². The molecule has 8 nitrogen and oxygen atoms in total. The Balaban J connectivity index is 2.51. The first-order valence-electron chi connectivity index (χ1n) is 6.17. The number of allylic oxidation sites excluding steroid dienone is 1. The van der Waals surface area contributed by atoms with E-state index < -0.39 is 29.1 Å². The van der Waals surface area contributed by atoms with E-state index in [2.05, 4.69) is 15.6 Å². The second-order valence-electron chi connectivity index (χ2n) is 5.23. The summed E-state index contributed by atoms with van der Waals surface area (Å²) >= 11 is 0. The van der Waals surface area contributed by atoms with Gasteiger partial charge >= 0.3 is 0 Å². The quantitative estimate of drug-likeness (QED) is 0.390. The fourth-order valence-corrected chi connectivity index (χ4v) is 2.60. The SMILES string of the molecule is CC(=O)NC1=N[C@]2(C(C)(O)O)CC=C(O)C[C@@H]2C(=O)N1. The number of carbonyl (C=O) groups is 2. The summed E-state index contributed by atoms with van der Waals surface area (Å²) in [6.45, 7) is 2.38. The summed E-state index contributed by atoms with van der Waals surface area (Å²) in [6, 6.07) is 0. The molecule has 2 atom stereocenters. The lowest BCUT2D eigenvalue weighted by Gasteiger charge is -2.47. The van der Waals surface area contributed by atoms with Crippen LogP contribution in [0.5, 0.6) is 0 Å². The minimum Gasteiger partial charge on any atom is -0.513 e. The molecule has 5 N–H and O–H groups in total. The third-order valence-electron chi connectivity index (χ3n) is 3.62. The van der Waals surface area contributed by atoms with Gasteiger partial charge in [-0.15, -0.1) is 0 Å². The lowest BCUT2D eigenvalue weighted by Crippen LogP contribution is -2.66. The third-order valence-corrected chi connectivity index (χ3v) is 3.62. The van der Waals surface area contributed by atoms with Gasteiger partial charge in [0.1, 0.15) is 5.54 Å². The Bertz CT molecular complexity index is 520. The van der Waals surface area contributed by atoms with E-state index in [4.69, 9.17) is 0 Å². The molecular formula is C12H17N3O5. The lowest BCUT2D eigenvalue weighted by molar-refractivity contribution is -0.211. The number of aliphatic hydroxyl groups is 3. The number of hydrogen-bond donors (Lipinski definition) is 5. The Morgan fingerprint density at radius 3 is 2.80 bits per heavy atom. The highest BCUT2D eigenvalue weighted by Gasteiger charge is 2.58. The predicted octanol–water partition coefficient (Wildman–Crippen LogP) is -1.10. The van der Waals surface area contributed by atoms with Gasteiger partial charge in [0.05, 0.1) is 11.7 Å². The van der Waals surface area contributed by atoms with Gasteiger partial charge in [-0.1, -0.05) is 0 Å². The summed E-state index contributed by atoms with van der Waals surface area (Å²) in [7, 11) is 0. The van der Waals surface area contributed by atoms with Crippen LogP contribution in [0.4, 0.5) is 0 Å². The molecule has 0 aromatic heterocycles. The van der Waals surface area contributed by atoms with Crippen LogP contribution in [-0.4, -0.2) is 44.4 Å². The van der Waals surface area contributed by atoms with Crippen molar-refractivity contribution in [2.45, 2.75) is 38.0 Å². The topological polar surface area (TPSA) is 131 Å². The van der Waals surface area contributed by atoms with Crippen LogP contribution in [0, 0.1) is 5.92 Å². The summed E-state index contributed by atoms with van der Waals surface area (Å²) in [5.74, 6) is -4.30. The van der Waals surface area contributed by atoms with Gasteiger partial charge in [-0.25, -0.2) is 4.99 Å². The number of hydrogen-bond acceptors (Lipinski definition) is 6. The van der Waals surface area contributed by atoms with E-state index in [1.807, 2.05) is 0 Å². The monoisotopic (exact) mass is 283 g/mol. The van der Waals surface area contributed by atoms with Gasteiger partial charge in [-0.2, -0.15) is 0 Å². The Hall–Kier alpha value is -1.93. The number of guanidine groups is 1. The number of amides is 2. The van der Waals surface area contributed by atoms with E-state index in [0.29, 0.717) is 0 Å². The number of fused-ring (bicyclic) bond motifs is 1. The Morgan fingerprint density at radius 2 is 2.25 bits per heavy atom. The van der Waals surface area contributed by atoms with Crippen molar-refractivity contribution in [2.24, 2.45) is 10.9 Å². The summed E-state index contributed by atoms with van der Waals surface area (Å²) < 4.78 is 0. The molecule has 8 heteroatoms. The van der Waals surface area contributed by atoms with Crippen LogP contribution >= 0.6 is 0 Å². The molecule has 0 saturated carbocycles. The van der Waals surface area contributed by atoms with Crippen molar-refractivity contribution >= 4 is 17.8 Å². The van der Waals surface area contributed by atoms with Crippen LogP contribution in [-0.2, 0) is 9.59 Å². The van der Waals surface area contributed by atoms with Crippen molar-refractivity contribution < 1.29 is 24.9 Å². The number of carbonyl (C=O) groups excluding carboxylic acids is 2. The maximum absolute atomic E-state index is 12.1. The van der Waals surface area contributed by atoms with E-state index in [1.54, 1.807) is 0 Å². The first-order chi connectivity index (χ1) is 9.15. The molecule has 0 spiro atoms. The van der Waals surface area contributed by atoms with Crippen molar-refractivity contribution in [2.75, 3.05) is 0 Å². The van der Waals surface area contributed by atoms with E-state index in [-0.39, 0.29) is 24.6 Å². The molecule has 110 valence electrons. The zero-order valence-electron chi connectivity index (χ0n) is 11.2. The normalized spacial score (nSPS) is 29.8. The number of aliphatic hydroxyl groups excluding tert-OH is 1. The molecule has 20 heavy (non-hydrogen) atoms. The predicted molar refractivity (Wildman–Crippen MR) is 68.4 cm³/mol. The van der Waals surface area contributed by atoms with Crippen molar-refractivity contribution in [3.63, 3.8) is 0 Å². The molecule has 1 heterocycles. The van der Waals surface area contributed by atoms with Gasteiger partial charge in [0.2, 0.25) is 17.8 Å². The summed E-state index contributed by atoms with van der Waals surface area (Å²) in [5, 5.41) is 34.3. The molecule has 0 fully saturated rings. The lowest BCUT2D eigenvalue weighted by atomic mass is 9.69. The number of aliphatic imine (C=N–C) groups is 1. The molecule has 2 rings (SSSR count). The second kappa shape index (κ2) is 4.57. The number of rotatable bonds is 1. The van der Waals surface area contributed by atoms with Crippen LogP contribution in [0.3, 0.4) is 0 Å². The number of nitrogens with zero attached hydrogens (tertiary/aromatic N) is 1. The van der Waals surface area contributed by atoms with Crippen molar-refractivity contribution in [3.05, 3.63) is 11.8 Å². The van der Waals surface area contributed by atoms with E-state index in [0.717, 1.165) is 6.92 Å². The van der Waals surface area contributed by atoms with Gasteiger partial charge in [-0.05, 0) is 13.0 Å². The fourth-order valence-electron chi connectivity index (χ4n) is 2.60. The van der Waals surface area contributed by atoms with E-state index >= 15 is 0 Å². The van der Waals surface area contributed by atoms with Gasteiger partial charge < -0.3 is 15.3 Å². The zero-order valence-corrected chi connectivity index (χ0v) is 11.2. The summed E-state index contributed by atoms with van der Waals surface area (Å²) in [6.07, 6.45) is 1.33.